The third kappa shape index (κ3) is 2.80. The van der Waals surface area contributed by atoms with Crippen molar-refractivity contribution in [1.29, 1.82) is 0 Å². The molecular formula is C13H18FNO3. The van der Waals surface area contributed by atoms with Crippen molar-refractivity contribution >= 4 is 5.69 Å². The number of morpholine rings is 1. The molecule has 1 aliphatic rings. The molecule has 4 nitrogen and oxygen atoms in total. The zero-order chi connectivity index (χ0) is 13.1. The first-order valence-electron chi connectivity index (χ1n) is 6.06. The van der Waals surface area contributed by atoms with Crippen LogP contribution in [-0.4, -0.2) is 42.6 Å². The van der Waals surface area contributed by atoms with E-state index in [0.717, 1.165) is 0 Å². The molecular weight excluding hydrogens is 237 g/mol. The molecule has 2 atom stereocenters. The van der Waals surface area contributed by atoms with E-state index in [-0.39, 0.29) is 18.5 Å². The van der Waals surface area contributed by atoms with Crippen molar-refractivity contribution in [3.8, 4) is 0 Å². The van der Waals surface area contributed by atoms with Gasteiger partial charge in [0.2, 0.25) is 0 Å². The summed E-state index contributed by atoms with van der Waals surface area (Å²) in [5, 5.41) is 18.5. The normalized spacial score (nSPS) is 22.0. The highest BCUT2D eigenvalue weighted by atomic mass is 19.1. The summed E-state index contributed by atoms with van der Waals surface area (Å²) in [6.45, 7) is 3.08. The van der Waals surface area contributed by atoms with E-state index < -0.39 is 6.10 Å². The summed E-state index contributed by atoms with van der Waals surface area (Å²) < 4.78 is 19.3. The van der Waals surface area contributed by atoms with Gasteiger partial charge in [0, 0.05) is 13.1 Å². The average Bonchev–Trinajstić information content (AvgIpc) is 2.38. The molecule has 0 aromatic heterocycles. The molecule has 0 amide bonds. The van der Waals surface area contributed by atoms with Gasteiger partial charge in [-0.05, 0) is 24.6 Å². The minimum Gasteiger partial charge on any atom is -0.394 e. The molecule has 100 valence electrons. The number of nitrogens with zero attached hydrogens (tertiary/aromatic N) is 1. The molecule has 1 saturated heterocycles. The number of aliphatic hydroxyl groups excluding tert-OH is 2. The van der Waals surface area contributed by atoms with Crippen LogP contribution in [0.4, 0.5) is 10.1 Å². The Balaban J connectivity index is 2.17. The van der Waals surface area contributed by atoms with Gasteiger partial charge in [-0.25, -0.2) is 4.39 Å². The van der Waals surface area contributed by atoms with Crippen LogP contribution in [0.25, 0.3) is 0 Å². The molecule has 5 heteroatoms. The fraction of sp³-hybridized carbons (Fsp3) is 0.538. The van der Waals surface area contributed by atoms with E-state index in [2.05, 4.69) is 0 Å². The maximum absolute atomic E-state index is 14.0. The number of ether oxygens (including phenoxy) is 1. The van der Waals surface area contributed by atoms with Crippen LogP contribution in [0.15, 0.2) is 18.2 Å². The second-order valence-corrected chi connectivity index (χ2v) is 4.51. The predicted molar refractivity (Wildman–Crippen MR) is 66.1 cm³/mol. The molecule has 1 aromatic carbocycles. The van der Waals surface area contributed by atoms with Crippen molar-refractivity contribution < 1.29 is 19.3 Å². The van der Waals surface area contributed by atoms with Gasteiger partial charge in [0.05, 0.1) is 31.1 Å². The zero-order valence-electron chi connectivity index (χ0n) is 10.3. The van der Waals surface area contributed by atoms with Crippen LogP contribution in [0.2, 0.25) is 0 Å². The Morgan fingerprint density at radius 2 is 2.33 bits per heavy atom. The number of aliphatic hydroxyl groups is 2. The Kier molecular flexibility index (Phi) is 4.16. The van der Waals surface area contributed by atoms with Crippen LogP contribution in [0, 0.1) is 5.82 Å². The summed E-state index contributed by atoms with van der Waals surface area (Å²) in [4.78, 5) is 1.85. The minimum absolute atomic E-state index is 0.0656. The molecule has 0 saturated carbocycles. The van der Waals surface area contributed by atoms with Crippen molar-refractivity contribution in [3.63, 3.8) is 0 Å². The molecule has 1 aliphatic heterocycles. The van der Waals surface area contributed by atoms with Gasteiger partial charge in [0.15, 0.2) is 0 Å². The van der Waals surface area contributed by atoms with Gasteiger partial charge in [-0.1, -0.05) is 6.07 Å². The standard InChI is InChI=1S/C13H18FNO3/c1-9(17)10-2-3-13(12(14)6-10)15-4-5-18-11(7-15)8-16/h2-3,6,9,11,16-17H,4-5,7-8H2,1H3/t9-,11?/m1/s1. The van der Waals surface area contributed by atoms with Crippen molar-refractivity contribution in [1.82, 2.24) is 0 Å². The second kappa shape index (κ2) is 5.65. The number of hydrogen-bond acceptors (Lipinski definition) is 4. The van der Waals surface area contributed by atoms with Crippen LogP contribution in [0.5, 0.6) is 0 Å². The largest absolute Gasteiger partial charge is 0.394 e. The fourth-order valence-electron chi connectivity index (χ4n) is 2.09. The number of rotatable bonds is 3. The zero-order valence-corrected chi connectivity index (χ0v) is 10.3. The van der Waals surface area contributed by atoms with Crippen LogP contribution in [-0.2, 0) is 4.74 Å². The molecule has 2 rings (SSSR count). The van der Waals surface area contributed by atoms with E-state index in [1.54, 1.807) is 19.1 Å². The van der Waals surface area contributed by atoms with Crippen LogP contribution in [0.1, 0.15) is 18.6 Å². The Labute approximate surface area is 106 Å². The summed E-state index contributed by atoms with van der Waals surface area (Å²) in [6.07, 6.45) is -0.946. The second-order valence-electron chi connectivity index (χ2n) is 4.51. The van der Waals surface area contributed by atoms with Crippen molar-refractivity contribution in [3.05, 3.63) is 29.6 Å². The molecule has 0 bridgehead atoms. The molecule has 1 fully saturated rings. The van der Waals surface area contributed by atoms with Crippen molar-refractivity contribution in [2.45, 2.75) is 19.1 Å². The summed E-state index contributed by atoms with van der Waals surface area (Å²) >= 11 is 0. The third-order valence-electron chi connectivity index (χ3n) is 3.14. The number of benzene rings is 1. The molecule has 2 N–H and O–H groups in total. The van der Waals surface area contributed by atoms with Crippen molar-refractivity contribution in [2.75, 3.05) is 31.2 Å². The first kappa shape index (κ1) is 13.3. The van der Waals surface area contributed by atoms with Gasteiger partial charge < -0.3 is 19.8 Å². The lowest BCUT2D eigenvalue weighted by Gasteiger charge is -2.34. The highest BCUT2D eigenvalue weighted by molar-refractivity contribution is 5.50. The van der Waals surface area contributed by atoms with E-state index >= 15 is 0 Å². The van der Waals surface area contributed by atoms with Crippen molar-refractivity contribution in [2.24, 2.45) is 0 Å². The summed E-state index contributed by atoms with van der Waals surface area (Å²) in [7, 11) is 0. The summed E-state index contributed by atoms with van der Waals surface area (Å²) in [6, 6.07) is 4.73. The first-order chi connectivity index (χ1) is 8.61. The Morgan fingerprint density at radius 1 is 1.56 bits per heavy atom. The Morgan fingerprint density at radius 3 is 2.94 bits per heavy atom. The van der Waals surface area contributed by atoms with Crippen LogP contribution < -0.4 is 4.90 Å². The lowest BCUT2D eigenvalue weighted by molar-refractivity contribution is 0.00340. The topological polar surface area (TPSA) is 52.9 Å². The minimum atomic E-state index is -0.677. The first-order valence-corrected chi connectivity index (χ1v) is 6.06. The highest BCUT2D eigenvalue weighted by Gasteiger charge is 2.22. The predicted octanol–water partition coefficient (Wildman–Crippen LogP) is 1.08. The van der Waals surface area contributed by atoms with Gasteiger partial charge >= 0.3 is 0 Å². The summed E-state index contributed by atoms with van der Waals surface area (Å²) in [5.74, 6) is -0.355. The van der Waals surface area contributed by atoms with E-state index in [0.29, 0.717) is 30.9 Å². The monoisotopic (exact) mass is 255 g/mol. The van der Waals surface area contributed by atoms with Gasteiger partial charge in [-0.15, -0.1) is 0 Å². The van der Waals surface area contributed by atoms with Gasteiger partial charge in [-0.2, -0.15) is 0 Å². The van der Waals surface area contributed by atoms with Crippen LogP contribution >= 0.6 is 0 Å². The van der Waals surface area contributed by atoms with E-state index in [4.69, 9.17) is 9.84 Å². The lowest BCUT2D eigenvalue weighted by Crippen LogP contribution is -2.44. The van der Waals surface area contributed by atoms with Gasteiger partial charge in [0.25, 0.3) is 0 Å². The molecule has 0 aliphatic carbocycles. The number of anilines is 1. The summed E-state index contributed by atoms with van der Waals surface area (Å²) in [5.41, 5.74) is 1.05. The lowest BCUT2D eigenvalue weighted by atomic mass is 10.1. The smallest absolute Gasteiger partial charge is 0.146 e. The Bertz CT molecular complexity index is 411. The maximum Gasteiger partial charge on any atom is 0.146 e. The van der Waals surface area contributed by atoms with Gasteiger partial charge in [0.1, 0.15) is 5.82 Å². The fourth-order valence-corrected chi connectivity index (χ4v) is 2.09. The molecule has 0 radical (unpaired) electrons. The van der Waals surface area contributed by atoms with E-state index in [1.807, 2.05) is 4.90 Å². The SMILES string of the molecule is C[C@@H](O)c1ccc(N2CCOC(CO)C2)c(F)c1. The molecule has 1 unspecified atom stereocenters. The van der Waals surface area contributed by atoms with Crippen LogP contribution in [0.3, 0.4) is 0 Å². The van der Waals surface area contributed by atoms with E-state index in [9.17, 15) is 9.50 Å². The van der Waals surface area contributed by atoms with Gasteiger partial charge in [-0.3, -0.25) is 0 Å². The molecule has 1 aromatic rings. The highest BCUT2D eigenvalue weighted by Crippen LogP contribution is 2.25. The molecule has 1 heterocycles. The average molecular weight is 255 g/mol. The quantitative estimate of drug-likeness (QED) is 0.848. The maximum atomic E-state index is 14.0. The number of hydrogen-bond donors (Lipinski definition) is 2. The van der Waals surface area contributed by atoms with E-state index in [1.165, 1.54) is 6.07 Å². The molecule has 0 spiro atoms. The molecule has 18 heavy (non-hydrogen) atoms. The third-order valence-corrected chi connectivity index (χ3v) is 3.14. The Hall–Kier alpha value is -1.17. The number of halogens is 1.